The Morgan fingerprint density at radius 2 is 1.82 bits per heavy atom. The number of nitrogens with one attached hydrogen (secondary N) is 1. The third-order valence-corrected chi connectivity index (χ3v) is 6.04. The number of para-hydroxylation sites is 1. The van der Waals surface area contributed by atoms with Crippen molar-refractivity contribution in [3.05, 3.63) is 94.8 Å². The lowest BCUT2D eigenvalue weighted by Gasteiger charge is -2.15. The van der Waals surface area contributed by atoms with Gasteiger partial charge in [-0.05, 0) is 54.8 Å². The molecule has 33 heavy (non-hydrogen) atoms. The number of hydrogen-bond donors (Lipinski definition) is 1. The fourth-order valence-corrected chi connectivity index (χ4v) is 3.91. The number of amides is 1. The van der Waals surface area contributed by atoms with Gasteiger partial charge in [0.25, 0.3) is 0 Å². The number of hydrogen-bond acceptors (Lipinski definition) is 3. The van der Waals surface area contributed by atoms with Crippen molar-refractivity contribution in [2.45, 2.75) is 40.0 Å². The molecule has 0 saturated carbocycles. The summed E-state index contributed by atoms with van der Waals surface area (Å²) in [5, 5.41) is 3.71. The Balaban J connectivity index is 1.45. The molecule has 4 aromatic rings. The lowest BCUT2D eigenvalue weighted by molar-refractivity contribution is -0.124. The van der Waals surface area contributed by atoms with Crippen LogP contribution in [0.1, 0.15) is 30.3 Å². The van der Waals surface area contributed by atoms with Crippen LogP contribution in [0.5, 0.6) is 5.75 Å². The van der Waals surface area contributed by atoms with Gasteiger partial charge in [0.2, 0.25) is 5.91 Å². The molecule has 0 bridgehead atoms. The Morgan fingerprint density at radius 1 is 1.06 bits per heavy atom. The molecule has 1 N–H and O–H groups in total. The van der Waals surface area contributed by atoms with E-state index in [1.165, 1.54) is 0 Å². The number of rotatable bonds is 9. The van der Waals surface area contributed by atoms with E-state index >= 15 is 0 Å². The number of nitrogens with zero attached hydrogens (tertiary/aromatic N) is 2. The molecule has 0 radical (unpaired) electrons. The summed E-state index contributed by atoms with van der Waals surface area (Å²) in [5.74, 6) is 1.51. The van der Waals surface area contributed by atoms with Gasteiger partial charge < -0.3 is 14.6 Å². The largest absolute Gasteiger partial charge is 0.486 e. The van der Waals surface area contributed by atoms with Crippen LogP contribution in [0, 0.1) is 12.8 Å². The first-order chi connectivity index (χ1) is 16.0. The van der Waals surface area contributed by atoms with Gasteiger partial charge >= 0.3 is 0 Å². The van der Waals surface area contributed by atoms with Crippen molar-refractivity contribution in [1.82, 2.24) is 14.9 Å². The van der Waals surface area contributed by atoms with E-state index in [1.54, 1.807) is 12.1 Å². The van der Waals surface area contributed by atoms with Crippen LogP contribution in [0.15, 0.2) is 72.8 Å². The molecule has 5 nitrogen and oxygen atoms in total. The van der Waals surface area contributed by atoms with Crippen molar-refractivity contribution in [2.75, 3.05) is 0 Å². The highest BCUT2D eigenvalue weighted by atomic mass is 35.5. The predicted molar refractivity (Wildman–Crippen MR) is 132 cm³/mol. The van der Waals surface area contributed by atoms with Crippen LogP contribution in [0.2, 0.25) is 5.02 Å². The van der Waals surface area contributed by atoms with Crippen LogP contribution in [-0.2, 0) is 24.5 Å². The fourth-order valence-electron chi connectivity index (χ4n) is 3.79. The minimum Gasteiger partial charge on any atom is -0.486 e. The van der Waals surface area contributed by atoms with Crippen molar-refractivity contribution < 1.29 is 9.53 Å². The molecule has 0 spiro atoms. The normalized spacial score (nSPS) is 12.0. The molecule has 0 aliphatic carbocycles. The zero-order chi connectivity index (χ0) is 23.2. The highest BCUT2D eigenvalue weighted by Crippen LogP contribution is 2.23. The van der Waals surface area contributed by atoms with Crippen molar-refractivity contribution in [2.24, 2.45) is 5.92 Å². The van der Waals surface area contributed by atoms with Gasteiger partial charge in [0, 0.05) is 24.0 Å². The maximum absolute atomic E-state index is 12.6. The Bertz CT molecular complexity index is 1220. The topological polar surface area (TPSA) is 56.2 Å². The number of fused-ring (bicyclic) bond motifs is 1. The minimum atomic E-state index is -0.124. The quantitative estimate of drug-likeness (QED) is 0.336. The summed E-state index contributed by atoms with van der Waals surface area (Å²) >= 11 is 5.97. The molecular formula is C27H28ClN3O2. The number of benzene rings is 3. The standard InChI is InChI=1S/C27H28ClN3O2/c1-19-7-6-10-24-26(19)30-25(18-33-23-13-11-22(28)12-14-23)31(24)16-15-20(2)27(32)29-17-21-8-4-3-5-9-21/h3-14,20H,15-18H2,1-2H3,(H,29,32). The lowest BCUT2D eigenvalue weighted by atomic mass is 10.1. The first-order valence-corrected chi connectivity index (χ1v) is 11.5. The van der Waals surface area contributed by atoms with Gasteiger partial charge in [0.05, 0.1) is 11.0 Å². The second kappa shape index (κ2) is 10.5. The second-order valence-electron chi connectivity index (χ2n) is 8.26. The monoisotopic (exact) mass is 461 g/mol. The average molecular weight is 462 g/mol. The van der Waals surface area contributed by atoms with E-state index in [1.807, 2.05) is 55.5 Å². The van der Waals surface area contributed by atoms with Crippen molar-refractivity contribution in [1.29, 1.82) is 0 Å². The molecule has 1 aromatic heterocycles. The SMILES string of the molecule is Cc1cccc2c1nc(COc1ccc(Cl)cc1)n2CCC(C)C(=O)NCc1ccccc1. The molecule has 6 heteroatoms. The fraction of sp³-hybridized carbons (Fsp3) is 0.259. The average Bonchev–Trinajstić information content (AvgIpc) is 3.20. The number of halogens is 1. The minimum absolute atomic E-state index is 0.0541. The lowest BCUT2D eigenvalue weighted by Crippen LogP contribution is -2.29. The number of carbonyl (C=O) groups excluding carboxylic acids is 1. The molecule has 1 amide bonds. The predicted octanol–water partition coefficient (Wildman–Crippen LogP) is 5.92. The summed E-state index contributed by atoms with van der Waals surface area (Å²) in [6.07, 6.45) is 0.702. The summed E-state index contributed by atoms with van der Waals surface area (Å²) in [5.41, 5.74) is 4.23. The maximum Gasteiger partial charge on any atom is 0.223 e. The van der Waals surface area contributed by atoms with Crippen LogP contribution in [0.3, 0.4) is 0 Å². The van der Waals surface area contributed by atoms with E-state index in [9.17, 15) is 4.79 Å². The molecule has 1 heterocycles. The molecule has 0 fully saturated rings. The molecule has 0 saturated heterocycles. The van der Waals surface area contributed by atoms with Gasteiger partial charge in [-0.15, -0.1) is 0 Å². The summed E-state index contributed by atoms with van der Waals surface area (Å²) in [7, 11) is 0. The first kappa shape index (κ1) is 22.9. The Kier molecular flexibility index (Phi) is 7.30. The molecule has 1 atom stereocenters. The van der Waals surface area contributed by atoms with E-state index < -0.39 is 0 Å². The van der Waals surface area contributed by atoms with Crippen LogP contribution in [0.4, 0.5) is 0 Å². The van der Waals surface area contributed by atoms with E-state index in [-0.39, 0.29) is 11.8 Å². The van der Waals surface area contributed by atoms with Crippen molar-refractivity contribution in [3.8, 4) is 5.75 Å². The molecule has 3 aromatic carbocycles. The summed E-state index contributed by atoms with van der Waals surface area (Å²) in [6.45, 7) is 5.58. The third kappa shape index (κ3) is 5.74. The third-order valence-electron chi connectivity index (χ3n) is 5.78. The number of aryl methyl sites for hydroxylation is 2. The number of aromatic nitrogens is 2. The van der Waals surface area contributed by atoms with Gasteiger partial charge in [-0.25, -0.2) is 4.98 Å². The molecule has 0 aliphatic heterocycles. The highest BCUT2D eigenvalue weighted by Gasteiger charge is 2.17. The molecule has 1 unspecified atom stereocenters. The number of imidazole rings is 1. The Morgan fingerprint density at radius 3 is 2.58 bits per heavy atom. The van der Waals surface area contributed by atoms with Gasteiger partial charge in [-0.2, -0.15) is 0 Å². The van der Waals surface area contributed by atoms with Crippen LogP contribution >= 0.6 is 11.6 Å². The van der Waals surface area contributed by atoms with E-state index in [0.29, 0.717) is 31.1 Å². The van der Waals surface area contributed by atoms with Gasteiger partial charge in [-0.1, -0.05) is 61.0 Å². The second-order valence-corrected chi connectivity index (χ2v) is 8.69. The number of ether oxygens (including phenoxy) is 1. The molecular weight excluding hydrogens is 434 g/mol. The summed E-state index contributed by atoms with van der Waals surface area (Å²) < 4.78 is 8.14. The van der Waals surface area contributed by atoms with Crippen molar-refractivity contribution in [3.63, 3.8) is 0 Å². The molecule has 4 rings (SSSR count). The first-order valence-electron chi connectivity index (χ1n) is 11.2. The van der Waals surface area contributed by atoms with Crippen LogP contribution < -0.4 is 10.1 Å². The zero-order valence-corrected chi connectivity index (χ0v) is 19.7. The maximum atomic E-state index is 12.6. The Hall–Kier alpha value is -3.31. The van der Waals surface area contributed by atoms with Gasteiger partial charge in [0.15, 0.2) is 0 Å². The van der Waals surface area contributed by atoms with E-state index in [4.69, 9.17) is 21.3 Å². The molecule has 0 aliphatic rings. The van der Waals surface area contributed by atoms with Crippen LogP contribution in [-0.4, -0.2) is 15.5 Å². The molecule has 170 valence electrons. The smallest absolute Gasteiger partial charge is 0.223 e. The Labute approximate surface area is 199 Å². The van der Waals surface area contributed by atoms with Crippen molar-refractivity contribution >= 4 is 28.5 Å². The number of carbonyl (C=O) groups is 1. The zero-order valence-electron chi connectivity index (χ0n) is 18.9. The summed E-state index contributed by atoms with van der Waals surface area (Å²) in [6, 6.07) is 23.4. The van der Waals surface area contributed by atoms with Gasteiger partial charge in [-0.3, -0.25) is 4.79 Å². The van der Waals surface area contributed by atoms with E-state index in [0.717, 1.165) is 33.7 Å². The van der Waals surface area contributed by atoms with E-state index in [2.05, 4.69) is 28.9 Å². The van der Waals surface area contributed by atoms with Gasteiger partial charge in [0.1, 0.15) is 18.2 Å². The highest BCUT2D eigenvalue weighted by molar-refractivity contribution is 6.30. The van der Waals surface area contributed by atoms with Crippen LogP contribution in [0.25, 0.3) is 11.0 Å². The summed E-state index contributed by atoms with van der Waals surface area (Å²) in [4.78, 5) is 17.5.